The first kappa shape index (κ1) is 23.8. The Labute approximate surface area is 203 Å². The van der Waals surface area contributed by atoms with Gasteiger partial charge >= 0.3 is 0 Å². The van der Waals surface area contributed by atoms with Crippen LogP contribution in [0.15, 0.2) is 65.8 Å². The average Bonchev–Trinajstić information content (AvgIpc) is 3.19. The quantitative estimate of drug-likeness (QED) is 0.280. The summed E-state index contributed by atoms with van der Waals surface area (Å²) in [4.78, 5) is 25.1. The molecule has 4 aromatic rings. The molecule has 3 aromatic carbocycles. The normalized spacial score (nSPS) is 11.5. The van der Waals surface area contributed by atoms with Crippen molar-refractivity contribution in [2.45, 2.75) is 26.8 Å². The highest BCUT2D eigenvalue weighted by Gasteiger charge is 2.12. The van der Waals surface area contributed by atoms with Crippen molar-refractivity contribution in [3.63, 3.8) is 0 Å². The number of aryl methyl sites for hydroxylation is 1. The van der Waals surface area contributed by atoms with Gasteiger partial charge in [-0.25, -0.2) is 5.43 Å². The molecule has 0 fully saturated rings. The second kappa shape index (κ2) is 10.3. The SMILES string of the molecule is CCn1c2ccccc2c2cc(NC(=O)CC(C)=NNC(=O)c3cc(OC)cc(OC)c3)ccc21. The monoisotopic (exact) mass is 472 g/mol. The molecule has 0 aliphatic carbocycles. The number of para-hydroxylation sites is 1. The highest BCUT2D eigenvalue weighted by atomic mass is 16.5. The number of hydrogen-bond acceptors (Lipinski definition) is 5. The molecular formula is C27H28N4O4. The summed E-state index contributed by atoms with van der Waals surface area (Å²) in [5.74, 6) is 0.337. The van der Waals surface area contributed by atoms with Gasteiger partial charge in [-0.1, -0.05) is 18.2 Å². The second-order valence-corrected chi connectivity index (χ2v) is 8.11. The summed E-state index contributed by atoms with van der Waals surface area (Å²) < 4.78 is 12.6. The highest BCUT2D eigenvalue weighted by Crippen LogP contribution is 2.31. The van der Waals surface area contributed by atoms with E-state index in [0.717, 1.165) is 22.8 Å². The van der Waals surface area contributed by atoms with Crippen LogP contribution in [0.3, 0.4) is 0 Å². The van der Waals surface area contributed by atoms with E-state index in [4.69, 9.17) is 9.47 Å². The van der Waals surface area contributed by atoms with Crippen molar-refractivity contribution in [3.8, 4) is 11.5 Å². The van der Waals surface area contributed by atoms with E-state index in [9.17, 15) is 9.59 Å². The lowest BCUT2D eigenvalue weighted by molar-refractivity contribution is -0.115. The third kappa shape index (κ3) is 5.11. The largest absolute Gasteiger partial charge is 0.497 e. The Kier molecular flexibility index (Phi) is 7.01. The summed E-state index contributed by atoms with van der Waals surface area (Å²) in [5, 5.41) is 9.24. The number of carbonyl (C=O) groups is 2. The summed E-state index contributed by atoms with van der Waals surface area (Å²) in [6.07, 6.45) is 0.0382. The predicted molar refractivity (Wildman–Crippen MR) is 138 cm³/mol. The number of methoxy groups -OCH3 is 2. The van der Waals surface area contributed by atoms with Crippen LogP contribution in [0.25, 0.3) is 21.8 Å². The van der Waals surface area contributed by atoms with E-state index in [0.29, 0.717) is 28.5 Å². The molecule has 0 saturated heterocycles. The summed E-state index contributed by atoms with van der Waals surface area (Å²) in [5.41, 5.74) is 6.28. The van der Waals surface area contributed by atoms with Crippen LogP contribution in [0, 0.1) is 0 Å². The maximum Gasteiger partial charge on any atom is 0.271 e. The number of nitrogens with zero attached hydrogens (tertiary/aromatic N) is 2. The van der Waals surface area contributed by atoms with Crippen molar-refractivity contribution in [3.05, 3.63) is 66.2 Å². The lowest BCUT2D eigenvalue weighted by atomic mass is 10.1. The van der Waals surface area contributed by atoms with E-state index in [1.165, 1.54) is 19.7 Å². The molecule has 0 bridgehead atoms. The van der Waals surface area contributed by atoms with Crippen molar-refractivity contribution < 1.29 is 19.1 Å². The Morgan fingerprint density at radius 3 is 2.29 bits per heavy atom. The number of benzene rings is 3. The van der Waals surface area contributed by atoms with E-state index in [1.54, 1.807) is 25.1 Å². The Bertz CT molecular complexity index is 1420. The van der Waals surface area contributed by atoms with Gasteiger partial charge in [0.25, 0.3) is 5.91 Å². The molecular weight excluding hydrogens is 444 g/mol. The van der Waals surface area contributed by atoms with E-state index < -0.39 is 5.91 Å². The summed E-state index contributed by atoms with van der Waals surface area (Å²) in [6.45, 7) is 4.66. The van der Waals surface area contributed by atoms with Crippen LogP contribution >= 0.6 is 0 Å². The molecule has 0 spiro atoms. The number of fused-ring (bicyclic) bond motifs is 3. The van der Waals surface area contributed by atoms with Gasteiger partial charge in [0, 0.05) is 51.4 Å². The van der Waals surface area contributed by atoms with Crippen molar-refractivity contribution in [1.29, 1.82) is 0 Å². The molecule has 2 N–H and O–H groups in total. The number of hydrogen-bond donors (Lipinski definition) is 2. The van der Waals surface area contributed by atoms with Crippen LogP contribution in [-0.4, -0.2) is 36.3 Å². The third-order valence-corrected chi connectivity index (χ3v) is 5.75. The van der Waals surface area contributed by atoms with Gasteiger partial charge in [-0.05, 0) is 50.2 Å². The minimum Gasteiger partial charge on any atom is -0.497 e. The van der Waals surface area contributed by atoms with Crippen molar-refractivity contribution in [2.24, 2.45) is 5.10 Å². The highest BCUT2D eigenvalue weighted by molar-refractivity contribution is 6.11. The molecule has 8 nitrogen and oxygen atoms in total. The lowest BCUT2D eigenvalue weighted by Gasteiger charge is -2.08. The van der Waals surface area contributed by atoms with Crippen molar-refractivity contribution >= 4 is 45.0 Å². The van der Waals surface area contributed by atoms with Gasteiger partial charge in [-0.15, -0.1) is 0 Å². The standard InChI is InChI=1S/C27H28N4O4/c1-5-31-24-9-7-6-8-22(24)23-15-19(10-11-25(23)31)28-26(32)12-17(2)29-30-27(33)18-13-20(34-3)16-21(14-18)35-4/h6-11,13-16H,5,12H2,1-4H3,(H,28,32)(H,30,33). The predicted octanol–water partition coefficient (Wildman–Crippen LogP) is 4.97. The van der Waals surface area contributed by atoms with E-state index in [-0.39, 0.29) is 12.3 Å². The molecule has 35 heavy (non-hydrogen) atoms. The van der Waals surface area contributed by atoms with Crippen LogP contribution < -0.4 is 20.2 Å². The van der Waals surface area contributed by atoms with Gasteiger partial charge in [-0.3, -0.25) is 9.59 Å². The summed E-state index contributed by atoms with van der Waals surface area (Å²) >= 11 is 0. The molecule has 0 unspecified atom stereocenters. The third-order valence-electron chi connectivity index (χ3n) is 5.75. The topological polar surface area (TPSA) is 94.0 Å². The van der Waals surface area contributed by atoms with E-state index in [1.807, 2.05) is 30.3 Å². The zero-order valence-corrected chi connectivity index (χ0v) is 20.2. The van der Waals surface area contributed by atoms with Gasteiger partial charge in [0.2, 0.25) is 5.91 Å². The number of rotatable bonds is 8. The molecule has 1 aromatic heterocycles. The van der Waals surface area contributed by atoms with Crippen molar-refractivity contribution in [2.75, 3.05) is 19.5 Å². The maximum atomic E-state index is 12.6. The maximum absolute atomic E-state index is 12.6. The van der Waals surface area contributed by atoms with E-state index >= 15 is 0 Å². The Hall–Kier alpha value is -4.33. The molecule has 0 aliphatic heterocycles. The Balaban J connectivity index is 1.43. The van der Waals surface area contributed by atoms with Crippen LogP contribution in [0.4, 0.5) is 5.69 Å². The lowest BCUT2D eigenvalue weighted by Crippen LogP contribution is -2.21. The zero-order chi connectivity index (χ0) is 24.9. The molecule has 180 valence electrons. The number of amides is 2. The number of aromatic nitrogens is 1. The molecule has 0 saturated carbocycles. The summed E-state index contributed by atoms with van der Waals surface area (Å²) in [6, 6.07) is 19.0. The number of hydrazone groups is 1. The number of anilines is 1. The van der Waals surface area contributed by atoms with Crippen LogP contribution in [-0.2, 0) is 11.3 Å². The van der Waals surface area contributed by atoms with Gasteiger partial charge in [0.15, 0.2) is 0 Å². The molecule has 2 amide bonds. The first-order chi connectivity index (χ1) is 16.9. The minimum absolute atomic E-state index is 0.0382. The van der Waals surface area contributed by atoms with Crippen LogP contribution in [0.2, 0.25) is 0 Å². The Morgan fingerprint density at radius 2 is 1.60 bits per heavy atom. The van der Waals surface area contributed by atoms with Gasteiger partial charge in [0.05, 0.1) is 20.6 Å². The summed E-state index contributed by atoms with van der Waals surface area (Å²) in [7, 11) is 3.02. The molecule has 1 heterocycles. The first-order valence-corrected chi connectivity index (χ1v) is 11.3. The van der Waals surface area contributed by atoms with E-state index in [2.05, 4.69) is 39.5 Å². The number of ether oxygens (including phenoxy) is 2. The fourth-order valence-corrected chi connectivity index (χ4v) is 4.10. The van der Waals surface area contributed by atoms with Crippen LogP contribution in [0.5, 0.6) is 11.5 Å². The molecule has 0 atom stereocenters. The fourth-order valence-electron chi connectivity index (χ4n) is 4.10. The molecule has 4 rings (SSSR count). The smallest absolute Gasteiger partial charge is 0.271 e. The molecule has 0 radical (unpaired) electrons. The number of nitrogens with one attached hydrogen (secondary N) is 2. The minimum atomic E-state index is -0.431. The van der Waals surface area contributed by atoms with Gasteiger partial charge < -0.3 is 19.4 Å². The zero-order valence-electron chi connectivity index (χ0n) is 20.2. The van der Waals surface area contributed by atoms with Crippen molar-refractivity contribution in [1.82, 2.24) is 9.99 Å². The van der Waals surface area contributed by atoms with Gasteiger partial charge in [-0.2, -0.15) is 5.10 Å². The molecule has 8 heteroatoms. The Morgan fingerprint density at radius 1 is 0.914 bits per heavy atom. The average molecular weight is 473 g/mol. The van der Waals surface area contributed by atoms with Gasteiger partial charge in [0.1, 0.15) is 11.5 Å². The fraction of sp³-hybridized carbons (Fsp3) is 0.222. The molecule has 0 aliphatic rings. The second-order valence-electron chi connectivity index (χ2n) is 8.11. The first-order valence-electron chi connectivity index (χ1n) is 11.3. The number of carbonyl (C=O) groups excluding carboxylic acids is 2. The van der Waals surface area contributed by atoms with Crippen LogP contribution in [0.1, 0.15) is 30.6 Å².